The van der Waals surface area contributed by atoms with Crippen molar-refractivity contribution in [3.8, 4) is 0 Å². The molecule has 1 N–H and O–H groups in total. The minimum atomic E-state index is -0.339. The number of unbranched alkanes of at least 4 members (excludes halogenated alkanes) is 4. The average molecular weight is 248 g/mol. The second kappa shape index (κ2) is 9.51. The van der Waals surface area contributed by atoms with E-state index in [1.165, 1.54) is 6.42 Å². The second-order valence-electron chi connectivity index (χ2n) is 4.21. The summed E-state index contributed by atoms with van der Waals surface area (Å²) < 4.78 is 5.10. The molecule has 0 fully saturated rings. The van der Waals surface area contributed by atoms with Crippen LogP contribution in [0.15, 0.2) is 30.3 Å². The van der Waals surface area contributed by atoms with Gasteiger partial charge >= 0.3 is 6.09 Å². The van der Waals surface area contributed by atoms with E-state index >= 15 is 0 Å². The van der Waals surface area contributed by atoms with Crippen LogP contribution < -0.4 is 5.32 Å². The van der Waals surface area contributed by atoms with Crippen LogP contribution in [0.25, 0.3) is 0 Å². The minimum Gasteiger partial charge on any atom is -0.445 e. The number of rotatable bonds is 8. The first kappa shape index (κ1) is 14.6. The van der Waals surface area contributed by atoms with Crippen LogP contribution in [0.5, 0.6) is 0 Å². The lowest BCUT2D eigenvalue weighted by atomic mass is 10.1. The van der Waals surface area contributed by atoms with Crippen LogP contribution in [-0.4, -0.2) is 12.6 Å². The monoisotopic (exact) mass is 248 g/mol. The Morgan fingerprint density at radius 3 is 2.78 bits per heavy atom. The van der Waals surface area contributed by atoms with Crippen LogP contribution in [0.2, 0.25) is 0 Å². The van der Waals surface area contributed by atoms with Gasteiger partial charge in [-0.2, -0.15) is 0 Å². The largest absolute Gasteiger partial charge is 0.445 e. The molecule has 0 bridgehead atoms. The lowest BCUT2D eigenvalue weighted by Gasteiger charge is -2.06. The molecule has 1 amide bonds. The number of benzene rings is 1. The quantitative estimate of drug-likeness (QED) is 0.712. The van der Waals surface area contributed by atoms with Crippen LogP contribution >= 0.6 is 0 Å². The summed E-state index contributed by atoms with van der Waals surface area (Å²) in [5.41, 5.74) is 1.00. The Labute approximate surface area is 110 Å². The zero-order valence-corrected chi connectivity index (χ0v) is 11.0. The highest BCUT2D eigenvalue weighted by atomic mass is 16.5. The molecule has 0 saturated carbocycles. The number of carbonyl (C=O) groups excluding carboxylic acids is 1. The molecule has 0 aliphatic rings. The van der Waals surface area contributed by atoms with Gasteiger partial charge in [0.2, 0.25) is 0 Å². The predicted molar refractivity (Wildman–Crippen MR) is 73.1 cm³/mol. The fraction of sp³-hybridized carbons (Fsp3) is 0.467. The number of amides is 1. The SMILES string of the molecule is CCC[CH]CCCNC(=O)OCc1ccccc1. The van der Waals surface area contributed by atoms with Crippen LogP contribution in [0.3, 0.4) is 0 Å². The van der Waals surface area contributed by atoms with Gasteiger partial charge in [-0.3, -0.25) is 0 Å². The number of hydrogen-bond acceptors (Lipinski definition) is 2. The molecule has 1 aromatic rings. The first-order valence-corrected chi connectivity index (χ1v) is 6.59. The Morgan fingerprint density at radius 2 is 2.06 bits per heavy atom. The van der Waals surface area contributed by atoms with E-state index in [1.54, 1.807) is 0 Å². The molecule has 1 rings (SSSR count). The van der Waals surface area contributed by atoms with E-state index in [0.29, 0.717) is 13.2 Å². The summed E-state index contributed by atoms with van der Waals surface area (Å²) in [4.78, 5) is 11.4. The molecular formula is C15H22NO2. The van der Waals surface area contributed by atoms with Gasteiger partial charge in [0.15, 0.2) is 0 Å². The Bertz CT molecular complexity index is 325. The number of nitrogens with one attached hydrogen (secondary N) is 1. The van der Waals surface area contributed by atoms with E-state index < -0.39 is 0 Å². The number of alkyl carbamates (subject to hydrolysis) is 1. The maximum Gasteiger partial charge on any atom is 0.407 e. The van der Waals surface area contributed by atoms with Crippen LogP contribution in [0, 0.1) is 6.42 Å². The van der Waals surface area contributed by atoms with Gasteiger partial charge in [-0.25, -0.2) is 4.79 Å². The van der Waals surface area contributed by atoms with E-state index in [-0.39, 0.29) is 6.09 Å². The summed E-state index contributed by atoms with van der Waals surface area (Å²) in [5, 5.41) is 2.75. The van der Waals surface area contributed by atoms with Crippen molar-refractivity contribution < 1.29 is 9.53 Å². The molecule has 0 heterocycles. The molecule has 3 nitrogen and oxygen atoms in total. The van der Waals surface area contributed by atoms with E-state index in [0.717, 1.165) is 24.8 Å². The van der Waals surface area contributed by atoms with Gasteiger partial charge in [-0.15, -0.1) is 0 Å². The topological polar surface area (TPSA) is 38.3 Å². The van der Waals surface area contributed by atoms with Crippen LogP contribution in [0.1, 0.15) is 38.2 Å². The first-order valence-electron chi connectivity index (χ1n) is 6.59. The molecule has 0 saturated heterocycles. The van der Waals surface area contributed by atoms with E-state index in [9.17, 15) is 4.79 Å². The Balaban J connectivity index is 2.01. The van der Waals surface area contributed by atoms with Crippen LogP contribution in [-0.2, 0) is 11.3 Å². The highest BCUT2D eigenvalue weighted by molar-refractivity contribution is 5.67. The Kier molecular flexibility index (Phi) is 7.69. The summed E-state index contributed by atoms with van der Waals surface area (Å²) in [6.45, 7) is 3.16. The molecule has 0 aromatic heterocycles. The highest BCUT2D eigenvalue weighted by Gasteiger charge is 2.01. The standard InChI is InChI=1S/C15H22NO2/c1-2-3-4-5-9-12-16-15(17)18-13-14-10-7-6-8-11-14/h4,6-8,10-11H,2-3,5,9,12-13H2,1H3,(H,16,17). The van der Waals surface area contributed by atoms with Crippen molar-refractivity contribution in [1.82, 2.24) is 5.32 Å². The van der Waals surface area contributed by atoms with Crippen molar-refractivity contribution in [1.29, 1.82) is 0 Å². The predicted octanol–water partition coefficient (Wildman–Crippen LogP) is 3.70. The van der Waals surface area contributed by atoms with Gasteiger partial charge in [-0.05, 0) is 24.8 Å². The van der Waals surface area contributed by atoms with Gasteiger partial charge in [0.25, 0.3) is 0 Å². The summed E-state index contributed by atoms with van der Waals surface area (Å²) in [6.07, 6.45) is 6.28. The van der Waals surface area contributed by atoms with Gasteiger partial charge < -0.3 is 10.1 Å². The van der Waals surface area contributed by atoms with Crippen molar-refractivity contribution in [2.45, 2.75) is 39.2 Å². The summed E-state index contributed by atoms with van der Waals surface area (Å²) in [7, 11) is 0. The average Bonchev–Trinajstić information content (AvgIpc) is 2.41. The summed E-state index contributed by atoms with van der Waals surface area (Å²) in [6, 6.07) is 9.68. The zero-order valence-electron chi connectivity index (χ0n) is 11.0. The number of hydrogen-bond donors (Lipinski definition) is 1. The van der Waals surface area contributed by atoms with Crippen molar-refractivity contribution in [3.05, 3.63) is 42.3 Å². The number of ether oxygens (including phenoxy) is 1. The van der Waals surface area contributed by atoms with E-state index in [1.807, 2.05) is 30.3 Å². The second-order valence-corrected chi connectivity index (χ2v) is 4.21. The summed E-state index contributed by atoms with van der Waals surface area (Å²) in [5.74, 6) is 0. The normalized spacial score (nSPS) is 10.1. The van der Waals surface area contributed by atoms with Crippen LogP contribution in [0.4, 0.5) is 4.79 Å². The van der Waals surface area contributed by atoms with Crippen molar-refractivity contribution in [3.63, 3.8) is 0 Å². The Hall–Kier alpha value is -1.51. The van der Waals surface area contributed by atoms with Crippen molar-refractivity contribution in [2.75, 3.05) is 6.54 Å². The fourth-order valence-electron chi connectivity index (χ4n) is 1.56. The molecule has 0 aliphatic carbocycles. The maximum atomic E-state index is 11.4. The van der Waals surface area contributed by atoms with Crippen molar-refractivity contribution in [2.24, 2.45) is 0 Å². The lowest BCUT2D eigenvalue weighted by Crippen LogP contribution is -2.25. The molecule has 0 aliphatic heterocycles. The molecule has 3 heteroatoms. The molecule has 1 aromatic carbocycles. The third-order valence-corrected chi connectivity index (χ3v) is 2.56. The zero-order chi connectivity index (χ0) is 13.1. The molecule has 0 atom stereocenters. The van der Waals surface area contributed by atoms with Gasteiger partial charge in [-0.1, -0.05) is 50.1 Å². The Morgan fingerprint density at radius 1 is 1.28 bits per heavy atom. The molecule has 0 spiro atoms. The van der Waals surface area contributed by atoms with Gasteiger partial charge in [0.1, 0.15) is 6.61 Å². The third kappa shape index (κ3) is 6.94. The van der Waals surface area contributed by atoms with E-state index in [4.69, 9.17) is 4.74 Å². The van der Waals surface area contributed by atoms with Crippen molar-refractivity contribution >= 4 is 6.09 Å². The molecule has 0 unspecified atom stereocenters. The lowest BCUT2D eigenvalue weighted by molar-refractivity contribution is 0.139. The molecule has 1 radical (unpaired) electrons. The summed E-state index contributed by atoms with van der Waals surface area (Å²) >= 11 is 0. The number of carbonyl (C=O) groups is 1. The first-order chi connectivity index (χ1) is 8.83. The highest BCUT2D eigenvalue weighted by Crippen LogP contribution is 2.01. The fourth-order valence-corrected chi connectivity index (χ4v) is 1.56. The third-order valence-electron chi connectivity index (χ3n) is 2.56. The molecule has 18 heavy (non-hydrogen) atoms. The van der Waals surface area contributed by atoms with Gasteiger partial charge in [0.05, 0.1) is 0 Å². The molecule has 99 valence electrons. The maximum absolute atomic E-state index is 11.4. The minimum absolute atomic E-state index is 0.328. The van der Waals surface area contributed by atoms with Gasteiger partial charge in [0, 0.05) is 6.54 Å². The molecular weight excluding hydrogens is 226 g/mol. The smallest absolute Gasteiger partial charge is 0.407 e. The van der Waals surface area contributed by atoms with E-state index in [2.05, 4.69) is 18.7 Å².